The molecule has 1 rings (SSSR count). The van der Waals surface area contributed by atoms with Crippen molar-refractivity contribution in [3.05, 3.63) is 58.8 Å². The van der Waals surface area contributed by atoms with E-state index in [0.717, 1.165) is 6.20 Å². The van der Waals surface area contributed by atoms with Crippen molar-refractivity contribution in [2.75, 3.05) is 6.61 Å². The van der Waals surface area contributed by atoms with Gasteiger partial charge in [0.05, 0.1) is 4.92 Å². The lowest BCUT2D eigenvalue weighted by atomic mass is 10.2. The third-order valence-electron chi connectivity index (χ3n) is 1.65. The molecule has 4 nitrogen and oxygen atoms in total. The van der Waals surface area contributed by atoms with E-state index in [1.54, 1.807) is 24.3 Å². The second-order valence-corrected chi connectivity index (χ2v) is 2.74. The fourth-order valence-electron chi connectivity index (χ4n) is 1.04. The molecule has 0 aliphatic rings. The molecule has 0 saturated heterocycles. The van der Waals surface area contributed by atoms with Crippen LogP contribution in [0.1, 0.15) is 5.56 Å². The Kier molecular flexibility index (Phi) is 4.09. The van der Waals surface area contributed by atoms with E-state index >= 15 is 0 Å². The van der Waals surface area contributed by atoms with Crippen molar-refractivity contribution in [2.45, 2.75) is 0 Å². The van der Waals surface area contributed by atoms with Crippen LogP contribution in [0.5, 0.6) is 5.75 Å². The van der Waals surface area contributed by atoms with Crippen LogP contribution in [-0.4, -0.2) is 11.5 Å². The van der Waals surface area contributed by atoms with Crippen molar-refractivity contribution < 1.29 is 9.66 Å². The number of para-hydroxylation sites is 1. The fourth-order valence-corrected chi connectivity index (χ4v) is 1.04. The van der Waals surface area contributed by atoms with E-state index in [1.165, 1.54) is 6.08 Å². The zero-order valence-electron chi connectivity index (χ0n) is 8.13. The monoisotopic (exact) mass is 205 g/mol. The molecule has 78 valence electrons. The summed E-state index contributed by atoms with van der Waals surface area (Å²) in [6.45, 7) is 3.91. The molecular formula is C11H11NO3. The lowest BCUT2D eigenvalue weighted by Gasteiger charge is -2.05. The summed E-state index contributed by atoms with van der Waals surface area (Å²) in [6.07, 6.45) is 3.91. The minimum absolute atomic E-state index is 0.378. The second-order valence-electron chi connectivity index (χ2n) is 2.74. The van der Waals surface area contributed by atoms with Crippen LogP contribution in [0.3, 0.4) is 0 Å². The lowest BCUT2D eigenvalue weighted by Crippen LogP contribution is -1.94. The van der Waals surface area contributed by atoms with Gasteiger partial charge in [0, 0.05) is 11.6 Å². The van der Waals surface area contributed by atoms with Gasteiger partial charge in [-0.3, -0.25) is 10.1 Å². The van der Waals surface area contributed by atoms with Crippen molar-refractivity contribution in [1.29, 1.82) is 0 Å². The quantitative estimate of drug-likeness (QED) is 0.421. The summed E-state index contributed by atoms with van der Waals surface area (Å²) in [6, 6.07) is 7.10. The molecular weight excluding hydrogens is 194 g/mol. The van der Waals surface area contributed by atoms with Crippen molar-refractivity contribution in [2.24, 2.45) is 0 Å². The molecule has 0 aliphatic heterocycles. The number of ether oxygens (including phenoxy) is 1. The molecule has 0 unspecified atom stereocenters. The number of nitrogens with zero attached hydrogens (tertiary/aromatic N) is 1. The summed E-state index contributed by atoms with van der Waals surface area (Å²) in [5.41, 5.74) is 0.677. The van der Waals surface area contributed by atoms with Crippen molar-refractivity contribution in [3.63, 3.8) is 0 Å². The molecule has 0 bridgehead atoms. The van der Waals surface area contributed by atoms with Gasteiger partial charge in [0.1, 0.15) is 12.4 Å². The van der Waals surface area contributed by atoms with Crippen LogP contribution in [0, 0.1) is 10.1 Å². The van der Waals surface area contributed by atoms with Gasteiger partial charge in [-0.2, -0.15) is 0 Å². The minimum atomic E-state index is -0.510. The lowest BCUT2D eigenvalue weighted by molar-refractivity contribution is -0.400. The first-order chi connectivity index (χ1) is 7.24. The first-order valence-electron chi connectivity index (χ1n) is 4.38. The van der Waals surface area contributed by atoms with Gasteiger partial charge in [0.2, 0.25) is 6.20 Å². The third kappa shape index (κ3) is 3.64. The maximum absolute atomic E-state index is 10.2. The molecule has 0 amide bonds. The smallest absolute Gasteiger partial charge is 0.235 e. The van der Waals surface area contributed by atoms with Gasteiger partial charge in [-0.05, 0) is 6.07 Å². The number of hydrogen-bond acceptors (Lipinski definition) is 3. The Hall–Kier alpha value is -2.10. The summed E-state index contributed by atoms with van der Waals surface area (Å²) in [7, 11) is 0. The zero-order valence-corrected chi connectivity index (χ0v) is 8.13. The Balaban J connectivity index is 2.85. The predicted octanol–water partition coefficient (Wildman–Crippen LogP) is 2.50. The van der Waals surface area contributed by atoms with Gasteiger partial charge >= 0.3 is 0 Å². The van der Waals surface area contributed by atoms with E-state index in [1.807, 2.05) is 6.07 Å². The predicted molar refractivity (Wildman–Crippen MR) is 58.2 cm³/mol. The molecule has 0 aliphatic carbocycles. The first-order valence-corrected chi connectivity index (χ1v) is 4.38. The maximum Gasteiger partial charge on any atom is 0.235 e. The van der Waals surface area contributed by atoms with Crippen LogP contribution >= 0.6 is 0 Å². The molecule has 0 heterocycles. The van der Waals surface area contributed by atoms with Crippen LogP contribution in [-0.2, 0) is 0 Å². The van der Waals surface area contributed by atoms with Crippen LogP contribution in [0.2, 0.25) is 0 Å². The Morgan fingerprint density at radius 3 is 2.87 bits per heavy atom. The highest BCUT2D eigenvalue weighted by atomic mass is 16.6. The van der Waals surface area contributed by atoms with Crippen molar-refractivity contribution >= 4 is 6.08 Å². The molecule has 0 aromatic heterocycles. The zero-order chi connectivity index (χ0) is 11.1. The van der Waals surface area contributed by atoms with E-state index < -0.39 is 4.92 Å². The summed E-state index contributed by atoms with van der Waals surface area (Å²) >= 11 is 0. The summed E-state index contributed by atoms with van der Waals surface area (Å²) in [5, 5.41) is 10.2. The molecule has 1 aromatic rings. The maximum atomic E-state index is 10.2. The normalized spacial score (nSPS) is 10.1. The molecule has 0 radical (unpaired) electrons. The molecule has 1 aromatic carbocycles. The highest BCUT2D eigenvalue weighted by Gasteiger charge is 1.99. The summed E-state index contributed by atoms with van der Waals surface area (Å²) < 4.78 is 5.33. The Morgan fingerprint density at radius 2 is 2.20 bits per heavy atom. The first kappa shape index (κ1) is 11.0. The van der Waals surface area contributed by atoms with Crippen molar-refractivity contribution in [1.82, 2.24) is 0 Å². The number of benzene rings is 1. The molecule has 4 heteroatoms. The molecule has 0 atom stereocenters. The standard InChI is InChI=1S/C11H11NO3/c1-2-9-15-11-6-4-3-5-10(11)7-8-12(13)14/h2-8H,1,9H2. The largest absolute Gasteiger partial charge is 0.489 e. The van der Waals surface area contributed by atoms with Crippen LogP contribution < -0.4 is 4.74 Å². The van der Waals surface area contributed by atoms with Gasteiger partial charge in [0.15, 0.2) is 0 Å². The minimum Gasteiger partial charge on any atom is -0.489 e. The summed E-state index contributed by atoms with van der Waals surface area (Å²) in [4.78, 5) is 9.65. The molecule has 15 heavy (non-hydrogen) atoms. The number of rotatable bonds is 5. The SMILES string of the molecule is C=CCOc1ccccc1C=C[N+](=O)[O-]. The van der Waals surface area contributed by atoms with Crippen molar-refractivity contribution in [3.8, 4) is 5.75 Å². The highest BCUT2D eigenvalue weighted by molar-refractivity contribution is 5.56. The average molecular weight is 205 g/mol. The highest BCUT2D eigenvalue weighted by Crippen LogP contribution is 2.19. The van der Waals surface area contributed by atoms with E-state index in [-0.39, 0.29) is 0 Å². The van der Waals surface area contributed by atoms with E-state index in [2.05, 4.69) is 6.58 Å². The van der Waals surface area contributed by atoms with Gasteiger partial charge in [0.25, 0.3) is 0 Å². The Morgan fingerprint density at radius 1 is 1.47 bits per heavy atom. The third-order valence-corrected chi connectivity index (χ3v) is 1.65. The molecule has 0 spiro atoms. The van der Waals surface area contributed by atoms with E-state index in [9.17, 15) is 10.1 Å². The number of nitro groups is 1. The van der Waals surface area contributed by atoms with E-state index in [0.29, 0.717) is 17.9 Å². The van der Waals surface area contributed by atoms with Gasteiger partial charge < -0.3 is 4.74 Å². The van der Waals surface area contributed by atoms with Crippen LogP contribution in [0.25, 0.3) is 6.08 Å². The average Bonchev–Trinajstić information content (AvgIpc) is 2.24. The fraction of sp³-hybridized carbons (Fsp3) is 0.0909. The Bertz CT molecular complexity index is 385. The van der Waals surface area contributed by atoms with E-state index in [4.69, 9.17) is 4.74 Å². The van der Waals surface area contributed by atoms with Gasteiger partial charge in [-0.25, -0.2) is 0 Å². The second kappa shape index (κ2) is 5.59. The summed E-state index contributed by atoms with van der Waals surface area (Å²) in [5.74, 6) is 0.607. The molecule has 0 saturated carbocycles. The Labute approximate surface area is 87.6 Å². The molecule has 0 N–H and O–H groups in total. The van der Waals surface area contributed by atoms with Gasteiger partial charge in [-0.1, -0.05) is 30.9 Å². The molecule has 0 fully saturated rings. The van der Waals surface area contributed by atoms with Crippen LogP contribution in [0.15, 0.2) is 43.1 Å². The van der Waals surface area contributed by atoms with Crippen LogP contribution in [0.4, 0.5) is 0 Å². The van der Waals surface area contributed by atoms with Gasteiger partial charge in [-0.15, -0.1) is 0 Å². The topological polar surface area (TPSA) is 52.4 Å². The number of hydrogen-bond donors (Lipinski definition) is 0.